The van der Waals surface area contributed by atoms with Crippen LogP contribution in [0.25, 0.3) is 10.4 Å². The lowest BCUT2D eigenvalue weighted by Crippen LogP contribution is -2.53. The summed E-state index contributed by atoms with van der Waals surface area (Å²) >= 11 is 0. The topological polar surface area (TPSA) is 108 Å². The first-order valence-corrected chi connectivity index (χ1v) is 7.60. The van der Waals surface area contributed by atoms with Gasteiger partial charge in [-0.05, 0) is 18.4 Å². The molecule has 1 saturated carbocycles. The molecule has 3 aliphatic rings. The van der Waals surface area contributed by atoms with Crippen LogP contribution in [0.3, 0.4) is 0 Å². The van der Waals surface area contributed by atoms with Crippen molar-refractivity contribution in [1.82, 2.24) is 0 Å². The Morgan fingerprint density at radius 3 is 2.56 bits per heavy atom. The molecule has 2 aliphatic heterocycles. The monoisotopic (exact) mass is 273 g/mol. The SMILES string of the molecule is [N-]=[N+]=NS(=O)(=O)C1(C2CO2)CCCCC1C1CO1. The normalized spacial score (nSPS) is 43.0. The predicted octanol–water partition coefficient (Wildman–Crippen LogP) is 1.35. The molecule has 1 aliphatic carbocycles. The molecule has 8 heteroatoms. The van der Waals surface area contributed by atoms with Crippen LogP contribution in [0.1, 0.15) is 25.7 Å². The van der Waals surface area contributed by atoms with Crippen LogP contribution in [0.4, 0.5) is 0 Å². The van der Waals surface area contributed by atoms with Crippen molar-refractivity contribution in [3.05, 3.63) is 10.4 Å². The molecule has 7 nitrogen and oxygen atoms in total. The average Bonchev–Trinajstić information content (AvgIpc) is 3.18. The van der Waals surface area contributed by atoms with Gasteiger partial charge < -0.3 is 9.47 Å². The first-order valence-electron chi connectivity index (χ1n) is 6.16. The fourth-order valence-electron chi connectivity index (χ4n) is 3.32. The van der Waals surface area contributed by atoms with Crippen molar-refractivity contribution in [1.29, 1.82) is 0 Å². The number of hydrogen-bond donors (Lipinski definition) is 0. The van der Waals surface area contributed by atoms with Crippen molar-refractivity contribution in [3.63, 3.8) is 0 Å². The second-order valence-corrected chi connectivity index (χ2v) is 7.02. The van der Waals surface area contributed by atoms with Gasteiger partial charge in [0.1, 0.15) is 10.9 Å². The number of rotatable bonds is 4. The maximum atomic E-state index is 12.4. The molecule has 0 aromatic rings. The summed E-state index contributed by atoms with van der Waals surface area (Å²) in [5.74, 6) is -0.103. The zero-order chi connectivity index (χ0) is 12.8. The molecular formula is C10H15N3O4S. The van der Waals surface area contributed by atoms with Crippen LogP contribution in [-0.4, -0.2) is 38.6 Å². The molecule has 3 rings (SSSR count). The zero-order valence-electron chi connectivity index (χ0n) is 9.86. The summed E-state index contributed by atoms with van der Waals surface area (Å²) in [7, 11) is -3.88. The van der Waals surface area contributed by atoms with E-state index in [4.69, 9.17) is 15.0 Å². The van der Waals surface area contributed by atoms with Crippen molar-refractivity contribution >= 4 is 10.0 Å². The Morgan fingerprint density at radius 1 is 1.28 bits per heavy atom. The van der Waals surface area contributed by atoms with Gasteiger partial charge in [-0.25, -0.2) is 8.42 Å². The Morgan fingerprint density at radius 2 is 2.00 bits per heavy atom. The van der Waals surface area contributed by atoms with Gasteiger partial charge in [-0.15, -0.1) is 0 Å². The van der Waals surface area contributed by atoms with E-state index in [-0.39, 0.29) is 18.1 Å². The minimum absolute atomic E-state index is 0.0156. The number of sulfonamides is 1. The average molecular weight is 273 g/mol. The largest absolute Gasteiger partial charge is 0.373 e. The molecule has 100 valence electrons. The molecule has 2 heterocycles. The second kappa shape index (κ2) is 4.09. The van der Waals surface area contributed by atoms with E-state index < -0.39 is 14.8 Å². The Labute approximate surface area is 105 Å². The fourth-order valence-corrected chi connectivity index (χ4v) is 5.10. The van der Waals surface area contributed by atoms with E-state index in [1.165, 1.54) is 0 Å². The highest BCUT2D eigenvalue weighted by Gasteiger charge is 2.64. The van der Waals surface area contributed by atoms with Crippen LogP contribution >= 0.6 is 0 Å². The molecule has 18 heavy (non-hydrogen) atoms. The first-order chi connectivity index (χ1) is 8.62. The van der Waals surface area contributed by atoms with Crippen LogP contribution in [0, 0.1) is 5.92 Å². The minimum atomic E-state index is -3.88. The van der Waals surface area contributed by atoms with Crippen molar-refractivity contribution in [2.24, 2.45) is 10.4 Å². The molecule has 0 aromatic carbocycles. The van der Waals surface area contributed by atoms with Crippen molar-refractivity contribution in [3.8, 4) is 0 Å². The highest BCUT2D eigenvalue weighted by molar-refractivity contribution is 7.91. The number of azide groups is 1. The van der Waals surface area contributed by atoms with Gasteiger partial charge in [0.05, 0.1) is 19.3 Å². The second-order valence-electron chi connectivity index (χ2n) is 5.15. The summed E-state index contributed by atoms with van der Waals surface area (Å²) in [4.78, 5) is 2.49. The van der Waals surface area contributed by atoms with Gasteiger partial charge in [0.15, 0.2) is 0 Å². The number of hydrogen-bond acceptors (Lipinski definition) is 4. The number of nitrogens with zero attached hydrogens (tertiary/aromatic N) is 3. The Hall–Kier alpha value is -0.820. The molecule has 4 atom stereocenters. The van der Waals surface area contributed by atoms with E-state index in [0.29, 0.717) is 19.6 Å². The third kappa shape index (κ3) is 1.72. The Balaban J connectivity index is 2.05. The molecule has 0 N–H and O–H groups in total. The first kappa shape index (κ1) is 12.2. The lowest BCUT2D eigenvalue weighted by Gasteiger charge is -2.40. The van der Waals surface area contributed by atoms with Gasteiger partial charge in [0.2, 0.25) is 10.0 Å². The highest BCUT2D eigenvalue weighted by atomic mass is 32.2. The van der Waals surface area contributed by atoms with E-state index in [1.807, 2.05) is 0 Å². The smallest absolute Gasteiger partial charge is 0.244 e. The van der Waals surface area contributed by atoms with E-state index in [1.54, 1.807) is 0 Å². The van der Waals surface area contributed by atoms with Gasteiger partial charge in [-0.2, -0.15) is 0 Å². The summed E-state index contributed by atoms with van der Waals surface area (Å²) < 4.78 is 37.4. The molecule has 4 unspecified atom stereocenters. The van der Waals surface area contributed by atoms with E-state index in [9.17, 15) is 8.42 Å². The van der Waals surface area contributed by atoms with Gasteiger partial charge in [-0.3, -0.25) is 0 Å². The van der Waals surface area contributed by atoms with E-state index >= 15 is 0 Å². The van der Waals surface area contributed by atoms with Gasteiger partial charge in [0, 0.05) is 15.3 Å². The standard InChI is InChI=1S/C10H15N3O4S/c11-12-13-18(14,15)10(9-6-17-9)4-2-1-3-7(10)8-5-16-8/h7-9H,1-6H2. The van der Waals surface area contributed by atoms with Crippen LogP contribution in [-0.2, 0) is 19.5 Å². The van der Waals surface area contributed by atoms with Crippen LogP contribution in [0.2, 0.25) is 0 Å². The Kier molecular flexibility index (Phi) is 2.78. The highest BCUT2D eigenvalue weighted by Crippen LogP contribution is 2.51. The summed E-state index contributed by atoms with van der Waals surface area (Å²) in [6.07, 6.45) is 2.77. The molecule has 0 bridgehead atoms. The van der Waals surface area contributed by atoms with Crippen molar-refractivity contribution in [2.45, 2.75) is 42.6 Å². The van der Waals surface area contributed by atoms with Gasteiger partial charge in [-0.1, -0.05) is 12.8 Å². The number of epoxide rings is 2. The van der Waals surface area contributed by atoms with Crippen LogP contribution < -0.4 is 0 Å². The maximum absolute atomic E-state index is 12.4. The summed E-state index contributed by atoms with van der Waals surface area (Å²) in [5, 5.41) is 0. The van der Waals surface area contributed by atoms with Crippen LogP contribution in [0.15, 0.2) is 4.52 Å². The van der Waals surface area contributed by atoms with Gasteiger partial charge in [0.25, 0.3) is 0 Å². The molecule has 0 spiro atoms. The molecule has 3 fully saturated rings. The molecule has 0 amide bonds. The molecular weight excluding hydrogens is 258 g/mol. The third-order valence-corrected chi connectivity index (χ3v) is 6.29. The summed E-state index contributed by atoms with van der Waals surface area (Å²) in [5.41, 5.74) is 8.50. The maximum Gasteiger partial charge on any atom is 0.244 e. The quantitative estimate of drug-likeness (QED) is 0.333. The lowest BCUT2D eigenvalue weighted by molar-refractivity contribution is 0.170. The summed E-state index contributed by atoms with van der Waals surface area (Å²) in [6, 6.07) is 0. The fraction of sp³-hybridized carbons (Fsp3) is 1.00. The molecule has 2 saturated heterocycles. The zero-order valence-corrected chi connectivity index (χ0v) is 10.7. The number of ether oxygens (including phenoxy) is 2. The van der Waals surface area contributed by atoms with Crippen molar-refractivity contribution in [2.75, 3.05) is 13.2 Å². The van der Waals surface area contributed by atoms with Crippen LogP contribution in [0.5, 0.6) is 0 Å². The molecule has 0 aromatic heterocycles. The van der Waals surface area contributed by atoms with E-state index in [2.05, 4.69) is 9.43 Å². The third-order valence-electron chi connectivity index (χ3n) is 4.27. The predicted molar refractivity (Wildman–Crippen MR) is 62.2 cm³/mol. The molecule has 0 radical (unpaired) electrons. The van der Waals surface area contributed by atoms with Crippen molar-refractivity contribution < 1.29 is 17.9 Å². The lowest BCUT2D eigenvalue weighted by atomic mass is 9.75. The Bertz CT molecular complexity index is 493. The minimum Gasteiger partial charge on any atom is -0.373 e. The summed E-state index contributed by atoms with van der Waals surface area (Å²) in [6.45, 7) is 1.04. The van der Waals surface area contributed by atoms with E-state index in [0.717, 1.165) is 19.3 Å². The van der Waals surface area contributed by atoms with Gasteiger partial charge >= 0.3 is 0 Å².